The van der Waals surface area contributed by atoms with E-state index in [1.165, 1.54) is 9.79 Å². The molecule has 0 aliphatic heterocycles. The van der Waals surface area contributed by atoms with Gasteiger partial charge in [0.05, 0.1) is 16.5 Å². The van der Waals surface area contributed by atoms with Gasteiger partial charge in [-0.05, 0) is 116 Å². The van der Waals surface area contributed by atoms with E-state index >= 15 is 0 Å². The largest absolute Gasteiger partial charge is 0.423 e. The molecule has 0 aliphatic carbocycles. The molecule has 0 N–H and O–H groups in total. The van der Waals surface area contributed by atoms with Crippen LogP contribution in [0.2, 0.25) is 0 Å². The molecule has 1 atom stereocenters. The van der Waals surface area contributed by atoms with Crippen LogP contribution in [-0.4, -0.2) is 12.2 Å². The predicted octanol–water partition coefficient (Wildman–Crippen LogP) is 6.39. The standard InChI is InChI=1S/C20H14I3O2S/c1-26(14-5-3-2-4-6-14)15-9-7-13(8-10-15)25-20(24)18-16(21)11-12-17(22)19(18)23/h2-12H,1H3/q+1. The van der Waals surface area contributed by atoms with Gasteiger partial charge in [-0.15, -0.1) is 0 Å². The van der Waals surface area contributed by atoms with Crippen LogP contribution in [0.1, 0.15) is 10.4 Å². The normalized spacial score (nSPS) is 11.8. The second kappa shape index (κ2) is 9.24. The van der Waals surface area contributed by atoms with Crippen molar-refractivity contribution in [2.24, 2.45) is 0 Å². The van der Waals surface area contributed by atoms with E-state index in [1.54, 1.807) is 0 Å². The lowest BCUT2D eigenvalue weighted by Gasteiger charge is -2.09. The summed E-state index contributed by atoms with van der Waals surface area (Å²) in [7, 11) is -0.00802. The molecule has 0 aromatic heterocycles. The Morgan fingerprint density at radius 1 is 0.808 bits per heavy atom. The molecule has 0 aliphatic rings. The van der Waals surface area contributed by atoms with Gasteiger partial charge in [-0.1, -0.05) is 18.2 Å². The Morgan fingerprint density at radius 2 is 1.38 bits per heavy atom. The molecule has 26 heavy (non-hydrogen) atoms. The number of benzene rings is 3. The first-order chi connectivity index (χ1) is 12.5. The van der Waals surface area contributed by atoms with Crippen LogP contribution in [0.15, 0.2) is 76.5 Å². The molecule has 3 aromatic rings. The fourth-order valence-electron chi connectivity index (χ4n) is 2.34. The van der Waals surface area contributed by atoms with Gasteiger partial charge in [0.15, 0.2) is 9.79 Å². The maximum atomic E-state index is 12.6. The summed E-state index contributed by atoms with van der Waals surface area (Å²) in [6.07, 6.45) is 2.20. The number of carbonyl (C=O) groups is 1. The van der Waals surface area contributed by atoms with E-state index < -0.39 is 0 Å². The number of rotatable bonds is 4. The lowest BCUT2D eigenvalue weighted by molar-refractivity contribution is 0.0732. The van der Waals surface area contributed by atoms with Gasteiger partial charge >= 0.3 is 5.97 Å². The van der Waals surface area contributed by atoms with E-state index in [4.69, 9.17) is 4.74 Å². The maximum absolute atomic E-state index is 12.6. The highest BCUT2D eigenvalue weighted by Gasteiger charge is 2.21. The Bertz CT molecular complexity index is 928. The van der Waals surface area contributed by atoms with Crippen LogP contribution in [0.5, 0.6) is 5.75 Å². The summed E-state index contributed by atoms with van der Waals surface area (Å²) in [5, 5.41) is 0. The van der Waals surface area contributed by atoms with E-state index in [0.29, 0.717) is 11.3 Å². The molecular weight excluding hydrogens is 685 g/mol. The monoisotopic (exact) mass is 699 g/mol. The van der Waals surface area contributed by atoms with Gasteiger partial charge in [-0.2, -0.15) is 0 Å². The molecule has 6 heteroatoms. The van der Waals surface area contributed by atoms with Crippen LogP contribution in [0.25, 0.3) is 0 Å². The van der Waals surface area contributed by atoms with E-state index in [-0.39, 0.29) is 16.9 Å². The average molecular weight is 699 g/mol. The molecule has 2 nitrogen and oxygen atoms in total. The van der Waals surface area contributed by atoms with Crippen LogP contribution >= 0.6 is 67.8 Å². The van der Waals surface area contributed by atoms with Crippen molar-refractivity contribution in [3.05, 3.63) is 83.0 Å². The Kier molecular flexibility index (Phi) is 7.25. The number of hydrogen-bond donors (Lipinski definition) is 0. The molecule has 3 aromatic carbocycles. The van der Waals surface area contributed by atoms with Gasteiger partial charge in [0.1, 0.15) is 12.0 Å². The van der Waals surface area contributed by atoms with Crippen molar-refractivity contribution in [2.75, 3.05) is 6.26 Å². The molecule has 132 valence electrons. The summed E-state index contributed by atoms with van der Waals surface area (Å²) in [5.74, 6) is 0.248. The lowest BCUT2D eigenvalue weighted by Crippen LogP contribution is -2.13. The molecule has 0 fully saturated rings. The molecule has 0 saturated carbocycles. The molecule has 0 heterocycles. The molecular formula is C20H14I3O2S+. The number of halogens is 3. The second-order valence-electron chi connectivity index (χ2n) is 5.40. The van der Waals surface area contributed by atoms with Crippen molar-refractivity contribution in [3.8, 4) is 5.75 Å². The molecule has 1 unspecified atom stereocenters. The van der Waals surface area contributed by atoms with Gasteiger partial charge in [0, 0.05) is 10.7 Å². The quantitative estimate of drug-likeness (QED) is 0.104. The number of esters is 1. The minimum Gasteiger partial charge on any atom is -0.423 e. The van der Waals surface area contributed by atoms with Crippen molar-refractivity contribution < 1.29 is 9.53 Å². The lowest BCUT2D eigenvalue weighted by atomic mass is 10.2. The summed E-state index contributed by atoms with van der Waals surface area (Å²) < 4.78 is 8.48. The van der Waals surface area contributed by atoms with Crippen LogP contribution < -0.4 is 4.74 Å². The van der Waals surface area contributed by atoms with Crippen LogP contribution in [0.4, 0.5) is 0 Å². The number of hydrogen-bond acceptors (Lipinski definition) is 2. The van der Waals surface area contributed by atoms with Gasteiger partial charge in [0.25, 0.3) is 0 Å². The van der Waals surface area contributed by atoms with Gasteiger partial charge in [-0.25, -0.2) is 4.79 Å². The summed E-state index contributed by atoms with van der Waals surface area (Å²) in [5.41, 5.74) is 0.627. The van der Waals surface area contributed by atoms with Crippen LogP contribution in [-0.2, 0) is 10.9 Å². The smallest absolute Gasteiger partial charge is 0.345 e. The highest BCUT2D eigenvalue weighted by Crippen LogP contribution is 2.27. The molecule has 3 rings (SSSR count). The van der Waals surface area contributed by atoms with Crippen molar-refractivity contribution in [1.82, 2.24) is 0 Å². The summed E-state index contributed by atoms with van der Waals surface area (Å²) in [4.78, 5) is 15.1. The third-order valence-electron chi connectivity index (χ3n) is 3.73. The minimum atomic E-state index is -0.316. The van der Waals surface area contributed by atoms with Crippen molar-refractivity contribution in [1.29, 1.82) is 0 Å². The summed E-state index contributed by atoms with van der Waals surface area (Å²) in [6.45, 7) is 0. The van der Waals surface area contributed by atoms with Crippen LogP contribution in [0, 0.1) is 10.7 Å². The van der Waals surface area contributed by atoms with E-state index in [2.05, 4.69) is 98.3 Å². The Hall–Kier alpha value is -0.330. The molecule has 0 radical (unpaired) electrons. The highest BCUT2D eigenvalue weighted by molar-refractivity contribution is 14.1. The highest BCUT2D eigenvalue weighted by atomic mass is 127. The number of carbonyl (C=O) groups excluding carboxylic acids is 1. The first kappa shape index (κ1) is 20.4. The predicted molar refractivity (Wildman–Crippen MR) is 132 cm³/mol. The zero-order chi connectivity index (χ0) is 18.7. The Morgan fingerprint density at radius 3 is 2.04 bits per heavy atom. The number of ether oxygens (including phenoxy) is 1. The molecule has 0 spiro atoms. The molecule has 0 saturated heterocycles. The summed E-state index contributed by atoms with van der Waals surface area (Å²) >= 11 is 6.60. The average Bonchev–Trinajstić information content (AvgIpc) is 2.66. The van der Waals surface area contributed by atoms with Crippen molar-refractivity contribution >= 4 is 84.6 Å². The second-order valence-corrected chi connectivity index (χ2v) is 10.8. The van der Waals surface area contributed by atoms with Gasteiger partial charge in [-0.3, -0.25) is 0 Å². The molecule has 0 bridgehead atoms. The van der Waals surface area contributed by atoms with Gasteiger partial charge < -0.3 is 4.74 Å². The fourth-order valence-corrected chi connectivity index (χ4v) is 6.05. The van der Waals surface area contributed by atoms with E-state index in [0.717, 1.165) is 10.7 Å². The van der Waals surface area contributed by atoms with Crippen molar-refractivity contribution in [2.45, 2.75) is 9.79 Å². The van der Waals surface area contributed by atoms with Gasteiger partial charge in [0.2, 0.25) is 0 Å². The first-order valence-corrected chi connectivity index (χ1v) is 12.5. The van der Waals surface area contributed by atoms with Crippen LogP contribution in [0.3, 0.4) is 0 Å². The third-order valence-corrected chi connectivity index (χ3v) is 9.64. The van der Waals surface area contributed by atoms with Crippen molar-refractivity contribution in [3.63, 3.8) is 0 Å². The Balaban J connectivity index is 1.78. The third kappa shape index (κ3) is 4.74. The fraction of sp³-hybridized carbons (Fsp3) is 0.0500. The Labute approximate surface area is 196 Å². The zero-order valence-electron chi connectivity index (χ0n) is 13.7. The molecule has 0 amide bonds. The van der Waals surface area contributed by atoms with E-state index in [1.807, 2.05) is 42.5 Å². The minimum absolute atomic E-state index is 0.00802. The first-order valence-electron chi connectivity index (χ1n) is 7.64. The zero-order valence-corrected chi connectivity index (χ0v) is 21.0. The van der Waals surface area contributed by atoms with E-state index in [9.17, 15) is 4.79 Å². The maximum Gasteiger partial charge on any atom is 0.345 e. The summed E-state index contributed by atoms with van der Waals surface area (Å²) in [6, 6.07) is 22.1. The SMILES string of the molecule is C[S+](c1ccccc1)c1ccc(OC(=O)c2c(I)ccc(I)c2I)cc1. The topological polar surface area (TPSA) is 26.3 Å².